The van der Waals surface area contributed by atoms with Gasteiger partial charge in [-0.05, 0) is 36.4 Å². The van der Waals surface area contributed by atoms with Crippen molar-refractivity contribution in [1.29, 1.82) is 0 Å². The van der Waals surface area contributed by atoms with Gasteiger partial charge >= 0.3 is 5.97 Å². The van der Waals surface area contributed by atoms with E-state index in [0.29, 0.717) is 16.5 Å². The highest BCUT2D eigenvalue weighted by Gasteiger charge is 2.11. The molecule has 0 atom stereocenters. The van der Waals surface area contributed by atoms with Crippen LogP contribution in [0.5, 0.6) is 17.2 Å². The Morgan fingerprint density at radius 1 is 0.917 bits per heavy atom. The molecule has 0 aliphatic heterocycles. The van der Waals surface area contributed by atoms with E-state index in [9.17, 15) is 4.79 Å². The molecule has 0 aliphatic rings. The molecule has 0 saturated heterocycles. The molecule has 3 rings (SSSR count). The Hall–Kier alpha value is -2.72. The van der Waals surface area contributed by atoms with Gasteiger partial charge in [-0.2, -0.15) is 0 Å². The van der Waals surface area contributed by atoms with Gasteiger partial charge in [-0.15, -0.1) is 0 Å². The van der Waals surface area contributed by atoms with Crippen LogP contribution in [0.3, 0.4) is 0 Å². The fraction of sp³-hybridized carbons (Fsp3) is 0.105. The third-order valence-electron chi connectivity index (χ3n) is 3.47. The van der Waals surface area contributed by atoms with E-state index in [1.165, 1.54) is 0 Å². The normalized spacial score (nSPS) is 10.4. The fourth-order valence-corrected chi connectivity index (χ4v) is 2.52. The number of halogens is 1. The van der Waals surface area contributed by atoms with Gasteiger partial charge in [0.15, 0.2) is 6.61 Å². The van der Waals surface area contributed by atoms with Gasteiger partial charge in [-0.25, -0.2) is 4.79 Å². The maximum atomic E-state index is 12.0. The Morgan fingerprint density at radius 3 is 2.29 bits per heavy atom. The molecule has 0 aromatic heterocycles. The SMILES string of the molecule is COc1ccc(OCC(=O)Oc2ccc(Cl)c3ccccc23)cc1. The number of carbonyl (C=O) groups excluding carboxylic acids is 1. The molecule has 3 aromatic carbocycles. The van der Waals surface area contributed by atoms with Crippen LogP contribution < -0.4 is 14.2 Å². The van der Waals surface area contributed by atoms with Crippen molar-refractivity contribution in [2.24, 2.45) is 0 Å². The van der Waals surface area contributed by atoms with E-state index in [0.717, 1.165) is 16.5 Å². The van der Waals surface area contributed by atoms with Crippen molar-refractivity contribution in [2.75, 3.05) is 13.7 Å². The highest BCUT2D eigenvalue weighted by atomic mass is 35.5. The molecule has 0 unspecified atom stereocenters. The van der Waals surface area contributed by atoms with Crippen LogP contribution in [0, 0.1) is 0 Å². The average molecular weight is 343 g/mol. The van der Waals surface area contributed by atoms with Crippen LogP contribution in [0.2, 0.25) is 5.02 Å². The molecule has 5 heteroatoms. The van der Waals surface area contributed by atoms with Crippen LogP contribution >= 0.6 is 11.6 Å². The lowest BCUT2D eigenvalue weighted by atomic mass is 10.1. The first kappa shape index (κ1) is 16.1. The van der Waals surface area contributed by atoms with Gasteiger partial charge in [-0.1, -0.05) is 35.9 Å². The first-order valence-corrected chi connectivity index (χ1v) is 7.70. The van der Waals surface area contributed by atoms with Crippen LogP contribution in [0.1, 0.15) is 0 Å². The fourth-order valence-electron chi connectivity index (χ4n) is 2.29. The van der Waals surface area contributed by atoms with Crippen LogP contribution in [0.25, 0.3) is 10.8 Å². The number of hydrogen-bond donors (Lipinski definition) is 0. The van der Waals surface area contributed by atoms with Gasteiger partial charge in [0.25, 0.3) is 0 Å². The van der Waals surface area contributed by atoms with Crippen LogP contribution in [-0.4, -0.2) is 19.7 Å². The molecule has 0 fully saturated rings. The zero-order valence-electron chi connectivity index (χ0n) is 13.0. The van der Waals surface area contributed by atoms with Crippen LogP contribution in [0.15, 0.2) is 60.7 Å². The predicted molar refractivity (Wildman–Crippen MR) is 93.1 cm³/mol. The molecule has 0 bridgehead atoms. The Kier molecular flexibility index (Phi) is 4.87. The van der Waals surface area contributed by atoms with Crippen molar-refractivity contribution < 1.29 is 19.0 Å². The van der Waals surface area contributed by atoms with Gasteiger partial charge < -0.3 is 14.2 Å². The lowest BCUT2D eigenvalue weighted by Crippen LogP contribution is -2.17. The summed E-state index contributed by atoms with van der Waals surface area (Å²) >= 11 is 6.16. The molecule has 3 aromatic rings. The molecule has 0 heterocycles. The van der Waals surface area contributed by atoms with E-state index >= 15 is 0 Å². The van der Waals surface area contributed by atoms with E-state index < -0.39 is 5.97 Å². The highest BCUT2D eigenvalue weighted by Crippen LogP contribution is 2.31. The summed E-state index contributed by atoms with van der Waals surface area (Å²) in [5.41, 5.74) is 0. The summed E-state index contributed by atoms with van der Waals surface area (Å²) in [7, 11) is 1.59. The van der Waals surface area contributed by atoms with E-state index in [1.807, 2.05) is 24.3 Å². The maximum Gasteiger partial charge on any atom is 0.349 e. The average Bonchev–Trinajstić information content (AvgIpc) is 2.63. The Morgan fingerprint density at radius 2 is 1.58 bits per heavy atom. The second-order valence-corrected chi connectivity index (χ2v) is 5.44. The summed E-state index contributed by atoms with van der Waals surface area (Å²) in [4.78, 5) is 12.0. The highest BCUT2D eigenvalue weighted by molar-refractivity contribution is 6.35. The minimum atomic E-state index is -0.488. The zero-order valence-corrected chi connectivity index (χ0v) is 13.7. The molecule has 0 aliphatic carbocycles. The molecule has 4 nitrogen and oxygen atoms in total. The number of fused-ring (bicyclic) bond motifs is 1. The minimum Gasteiger partial charge on any atom is -0.497 e. The number of hydrogen-bond acceptors (Lipinski definition) is 4. The van der Waals surface area contributed by atoms with Crippen molar-refractivity contribution in [3.05, 3.63) is 65.7 Å². The van der Waals surface area contributed by atoms with Crippen molar-refractivity contribution in [3.8, 4) is 17.2 Å². The monoisotopic (exact) mass is 342 g/mol. The molecule has 0 radical (unpaired) electrons. The van der Waals surface area contributed by atoms with Gasteiger partial charge in [0, 0.05) is 15.8 Å². The number of methoxy groups -OCH3 is 1. The molecular formula is C19H15ClO4. The van der Waals surface area contributed by atoms with Crippen molar-refractivity contribution in [3.63, 3.8) is 0 Å². The molecule has 0 saturated carbocycles. The third-order valence-corrected chi connectivity index (χ3v) is 3.80. The lowest BCUT2D eigenvalue weighted by Gasteiger charge is -2.10. The van der Waals surface area contributed by atoms with Crippen LogP contribution in [0.4, 0.5) is 0 Å². The first-order chi connectivity index (χ1) is 11.7. The largest absolute Gasteiger partial charge is 0.497 e. The molecule has 0 amide bonds. The number of esters is 1. The number of rotatable bonds is 5. The summed E-state index contributed by atoms with van der Waals surface area (Å²) in [5.74, 6) is 1.25. The van der Waals surface area contributed by atoms with Gasteiger partial charge in [0.05, 0.1) is 7.11 Å². The topological polar surface area (TPSA) is 44.8 Å². The summed E-state index contributed by atoms with van der Waals surface area (Å²) in [6, 6.07) is 17.8. The van der Waals surface area contributed by atoms with E-state index in [2.05, 4.69) is 0 Å². The van der Waals surface area contributed by atoms with Crippen molar-refractivity contribution in [1.82, 2.24) is 0 Å². The number of carbonyl (C=O) groups is 1. The second-order valence-electron chi connectivity index (χ2n) is 5.03. The standard InChI is InChI=1S/C19H15ClO4/c1-22-13-6-8-14(9-7-13)23-12-19(21)24-18-11-10-17(20)15-4-2-3-5-16(15)18/h2-11H,12H2,1H3. The zero-order chi connectivity index (χ0) is 16.9. The quantitative estimate of drug-likeness (QED) is 0.506. The minimum absolute atomic E-state index is 0.191. The number of benzene rings is 3. The molecule has 24 heavy (non-hydrogen) atoms. The van der Waals surface area contributed by atoms with Gasteiger partial charge in [0.1, 0.15) is 17.2 Å². The Balaban J connectivity index is 1.67. The predicted octanol–water partition coefficient (Wildman–Crippen LogP) is 4.49. The summed E-state index contributed by atoms with van der Waals surface area (Å²) < 4.78 is 15.9. The molecule has 0 N–H and O–H groups in total. The third kappa shape index (κ3) is 3.60. The second kappa shape index (κ2) is 7.23. The van der Waals surface area contributed by atoms with E-state index in [-0.39, 0.29) is 6.61 Å². The van der Waals surface area contributed by atoms with E-state index in [1.54, 1.807) is 43.5 Å². The summed E-state index contributed by atoms with van der Waals surface area (Å²) in [6.07, 6.45) is 0. The maximum absolute atomic E-state index is 12.0. The smallest absolute Gasteiger partial charge is 0.349 e. The lowest BCUT2D eigenvalue weighted by molar-refractivity contribution is -0.136. The van der Waals surface area contributed by atoms with Gasteiger partial charge in [-0.3, -0.25) is 0 Å². The summed E-state index contributed by atoms with van der Waals surface area (Å²) in [6.45, 7) is -0.191. The molecule has 122 valence electrons. The summed E-state index contributed by atoms with van der Waals surface area (Å²) in [5, 5.41) is 2.23. The molecule has 0 spiro atoms. The Bertz CT molecular complexity index is 859. The van der Waals surface area contributed by atoms with E-state index in [4.69, 9.17) is 25.8 Å². The van der Waals surface area contributed by atoms with Crippen molar-refractivity contribution in [2.45, 2.75) is 0 Å². The van der Waals surface area contributed by atoms with Crippen molar-refractivity contribution >= 4 is 28.3 Å². The van der Waals surface area contributed by atoms with Gasteiger partial charge in [0.2, 0.25) is 0 Å². The van der Waals surface area contributed by atoms with Crippen LogP contribution in [-0.2, 0) is 4.79 Å². The first-order valence-electron chi connectivity index (χ1n) is 7.32. The Labute approximate surface area is 144 Å². The molecular weight excluding hydrogens is 328 g/mol. The number of ether oxygens (including phenoxy) is 3.